The van der Waals surface area contributed by atoms with Crippen molar-refractivity contribution in [3.63, 3.8) is 0 Å². The molecule has 0 saturated heterocycles. The molecule has 1 heterocycles. The molecule has 2 heteroatoms. The fourth-order valence-electron chi connectivity index (χ4n) is 2.19. The smallest absolute Gasteiger partial charge is 0.116 e. The van der Waals surface area contributed by atoms with Gasteiger partial charge in [0.2, 0.25) is 0 Å². The van der Waals surface area contributed by atoms with Crippen LogP contribution in [-0.4, -0.2) is 9.97 Å². The summed E-state index contributed by atoms with van der Waals surface area (Å²) in [6, 6.07) is 10.4. The molecule has 0 spiro atoms. The first-order valence-electron chi connectivity index (χ1n) is 6.51. The zero-order chi connectivity index (χ0) is 13.1. The van der Waals surface area contributed by atoms with Gasteiger partial charge in [-0.05, 0) is 17.4 Å². The third-order valence-corrected chi connectivity index (χ3v) is 3.06. The van der Waals surface area contributed by atoms with Gasteiger partial charge < -0.3 is 0 Å². The van der Waals surface area contributed by atoms with Crippen LogP contribution in [0.25, 0.3) is 11.1 Å². The highest BCUT2D eigenvalue weighted by Gasteiger charge is 2.17. The highest BCUT2D eigenvalue weighted by atomic mass is 14.9. The molecule has 94 valence electrons. The second-order valence-corrected chi connectivity index (χ2v) is 5.19. The van der Waals surface area contributed by atoms with Crippen LogP contribution in [0.15, 0.2) is 36.7 Å². The van der Waals surface area contributed by atoms with E-state index in [1.165, 1.54) is 11.1 Å². The van der Waals surface area contributed by atoms with Gasteiger partial charge in [-0.3, -0.25) is 0 Å². The van der Waals surface area contributed by atoms with Crippen LogP contribution in [0.3, 0.4) is 0 Å². The Balaban J connectivity index is 2.69. The molecule has 0 radical (unpaired) electrons. The van der Waals surface area contributed by atoms with E-state index in [4.69, 9.17) is 0 Å². The van der Waals surface area contributed by atoms with Crippen molar-refractivity contribution in [1.29, 1.82) is 0 Å². The molecule has 0 aliphatic rings. The molecule has 0 atom stereocenters. The van der Waals surface area contributed by atoms with E-state index in [-0.39, 0.29) is 0 Å². The molecule has 0 fully saturated rings. The lowest BCUT2D eigenvalue weighted by Crippen LogP contribution is -2.05. The molecule has 2 aromatic rings. The summed E-state index contributed by atoms with van der Waals surface area (Å²) in [7, 11) is 0. The van der Waals surface area contributed by atoms with Crippen LogP contribution in [0.5, 0.6) is 0 Å². The Hall–Kier alpha value is -1.70. The lowest BCUT2D eigenvalue weighted by molar-refractivity contribution is 0.772. The zero-order valence-corrected chi connectivity index (χ0v) is 11.5. The number of hydrogen-bond acceptors (Lipinski definition) is 2. The second kappa shape index (κ2) is 5.30. The van der Waals surface area contributed by atoms with Crippen LogP contribution < -0.4 is 0 Å². The van der Waals surface area contributed by atoms with Crippen LogP contribution in [0.1, 0.15) is 50.9 Å². The Kier molecular flexibility index (Phi) is 3.75. The van der Waals surface area contributed by atoms with Crippen molar-refractivity contribution >= 4 is 0 Å². The molecule has 0 aliphatic heterocycles. The first kappa shape index (κ1) is 12.7. The summed E-state index contributed by atoms with van der Waals surface area (Å²) in [5.74, 6) is 0.807. The van der Waals surface area contributed by atoms with Crippen LogP contribution in [0.4, 0.5) is 0 Å². The quantitative estimate of drug-likeness (QED) is 0.795. The molecule has 0 N–H and O–H groups in total. The number of benzene rings is 1. The molecule has 18 heavy (non-hydrogen) atoms. The zero-order valence-electron chi connectivity index (χ0n) is 11.5. The van der Waals surface area contributed by atoms with Crippen molar-refractivity contribution < 1.29 is 0 Å². The van der Waals surface area contributed by atoms with Gasteiger partial charge >= 0.3 is 0 Å². The van der Waals surface area contributed by atoms with Crippen LogP contribution in [0.2, 0.25) is 0 Å². The van der Waals surface area contributed by atoms with E-state index >= 15 is 0 Å². The van der Waals surface area contributed by atoms with Gasteiger partial charge in [-0.1, -0.05) is 58.0 Å². The van der Waals surface area contributed by atoms with E-state index in [0.717, 1.165) is 11.4 Å². The Bertz CT molecular complexity index is 490. The summed E-state index contributed by atoms with van der Waals surface area (Å²) in [6.45, 7) is 8.72. The van der Waals surface area contributed by atoms with Gasteiger partial charge in [0, 0.05) is 5.56 Å². The topological polar surface area (TPSA) is 25.8 Å². The molecule has 0 amide bonds. The molecular weight excluding hydrogens is 220 g/mol. The Morgan fingerprint density at radius 1 is 0.778 bits per heavy atom. The lowest BCUT2D eigenvalue weighted by Gasteiger charge is -2.17. The monoisotopic (exact) mass is 240 g/mol. The van der Waals surface area contributed by atoms with E-state index in [2.05, 4.69) is 61.9 Å². The number of nitrogens with zero attached hydrogens (tertiary/aromatic N) is 2. The Labute approximate surface area is 109 Å². The highest BCUT2D eigenvalue weighted by molar-refractivity contribution is 5.69. The third-order valence-electron chi connectivity index (χ3n) is 3.06. The fourth-order valence-corrected chi connectivity index (χ4v) is 2.19. The predicted octanol–water partition coefficient (Wildman–Crippen LogP) is 4.39. The maximum absolute atomic E-state index is 4.49. The van der Waals surface area contributed by atoms with Gasteiger partial charge in [-0.2, -0.15) is 0 Å². The molecule has 2 rings (SSSR count). The van der Waals surface area contributed by atoms with Gasteiger partial charge in [0.25, 0.3) is 0 Å². The average molecular weight is 240 g/mol. The van der Waals surface area contributed by atoms with Gasteiger partial charge in [-0.15, -0.1) is 0 Å². The van der Waals surface area contributed by atoms with Gasteiger partial charge in [-0.25, -0.2) is 9.97 Å². The van der Waals surface area contributed by atoms with E-state index in [1.54, 1.807) is 6.33 Å². The summed E-state index contributed by atoms with van der Waals surface area (Å²) in [5, 5.41) is 0. The van der Waals surface area contributed by atoms with Crippen LogP contribution in [-0.2, 0) is 0 Å². The number of hydrogen-bond donors (Lipinski definition) is 0. The van der Waals surface area contributed by atoms with Crippen molar-refractivity contribution in [3.05, 3.63) is 48.0 Å². The van der Waals surface area contributed by atoms with Gasteiger partial charge in [0.15, 0.2) is 0 Å². The van der Waals surface area contributed by atoms with Crippen molar-refractivity contribution in [2.75, 3.05) is 0 Å². The molecule has 0 unspecified atom stereocenters. The minimum atomic E-state index is 0.403. The Morgan fingerprint density at radius 2 is 1.28 bits per heavy atom. The van der Waals surface area contributed by atoms with E-state index in [9.17, 15) is 0 Å². The molecule has 0 aliphatic carbocycles. The summed E-state index contributed by atoms with van der Waals surface area (Å²) >= 11 is 0. The fraction of sp³-hybridized carbons (Fsp3) is 0.375. The maximum Gasteiger partial charge on any atom is 0.116 e. The van der Waals surface area contributed by atoms with Gasteiger partial charge in [0.1, 0.15) is 6.33 Å². The predicted molar refractivity (Wildman–Crippen MR) is 75.6 cm³/mol. The molecule has 0 bridgehead atoms. The first-order valence-corrected chi connectivity index (χ1v) is 6.51. The number of rotatable bonds is 3. The van der Waals surface area contributed by atoms with Crippen molar-refractivity contribution in [2.24, 2.45) is 0 Å². The van der Waals surface area contributed by atoms with Crippen molar-refractivity contribution in [1.82, 2.24) is 9.97 Å². The minimum Gasteiger partial charge on any atom is -0.240 e. The SMILES string of the molecule is CC(C)c1ncnc(C(C)C)c1-c1ccccc1. The summed E-state index contributed by atoms with van der Waals surface area (Å²) in [5.41, 5.74) is 4.70. The van der Waals surface area contributed by atoms with Crippen molar-refractivity contribution in [2.45, 2.75) is 39.5 Å². The molecule has 1 aromatic carbocycles. The van der Waals surface area contributed by atoms with Gasteiger partial charge in [0.05, 0.1) is 11.4 Å². The van der Waals surface area contributed by atoms with E-state index in [0.29, 0.717) is 11.8 Å². The molecule has 1 aromatic heterocycles. The number of aromatic nitrogens is 2. The normalized spacial score (nSPS) is 11.2. The molecular formula is C16H20N2. The first-order chi connectivity index (χ1) is 8.61. The summed E-state index contributed by atoms with van der Waals surface area (Å²) in [4.78, 5) is 8.97. The Morgan fingerprint density at radius 3 is 1.72 bits per heavy atom. The second-order valence-electron chi connectivity index (χ2n) is 5.19. The highest BCUT2D eigenvalue weighted by Crippen LogP contribution is 2.32. The molecule has 2 nitrogen and oxygen atoms in total. The van der Waals surface area contributed by atoms with E-state index < -0.39 is 0 Å². The van der Waals surface area contributed by atoms with Crippen molar-refractivity contribution in [3.8, 4) is 11.1 Å². The third kappa shape index (κ3) is 2.42. The van der Waals surface area contributed by atoms with E-state index in [1.807, 2.05) is 6.07 Å². The largest absolute Gasteiger partial charge is 0.240 e. The summed E-state index contributed by atoms with van der Waals surface area (Å²) < 4.78 is 0. The lowest BCUT2D eigenvalue weighted by atomic mass is 9.92. The summed E-state index contributed by atoms with van der Waals surface area (Å²) in [6.07, 6.45) is 1.69. The minimum absolute atomic E-state index is 0.403. The standard InChI is InChI=1S/C16H20N2/c1-11(2)15-14(13-8-6-5-7-9-13)16(12(3)4)18-10-17-15/h5-12H,1-4H3. The molecule has 0 saturated carbocycles. The average Bonchev–Trinajstić information content (AvgIpc) is 2.38. The van der Waals surface area contributed by atoms with Crippen LogP contribution >= 0.6 is 0 Å². The maximum atomic E-state index is 4.49. The van der Waals surface area contributed by atoms with Crippen LogP contribution in [0, 0.1) is 0 Å².